The van der Waals surface area contributed by atoms with Gasteiger partial charge in [0.05, 0.1) is 17.9 Å². The maximum absolute atomic E-state index is 14.2. The standard InChI is InChI=1S/C27H21N3O2/c31-25-27(22-14-7-8-15-23(22)28-17-9-16-24(27)28)30(19-21-12-5-2-6-13-21)26(32)29(25)18-20-10-3-1-4-11-20/h1-17H,18-19H2. The summed E-state index contributed by atoms with van der Waals surface area (Å²) >= 11 is 0. The van der Waals surface area contributed by atoms with Crippen molar-refractivity contribution in [3.05, 3.63) is 126 Å². The number of imide groups is 1. The van der Waals surface area contributed by atoms with Gasteiger partial charge in [0.1, 0.15) is 0 Å². The summed E-state index contributed by atoms with van der Waals surface area (Å²) in [6.07, 6.45) is 1.96. The summed E-state index contributed by atoms with van der Waals surface area (Å²) in [7, 11) is 0. The topological polar surface area (TPSA) is 45.6 Å². The molecule has 2 aliphatic heterocycles. The first-order chi connectivity index (χ1) is 15.7. The molecule has 3 amide bonds. The second-order valence-electron chi connectivity index (χ2n) is 8.22. The van der Waals surface area contributed by atoms with Crippen LogP contribution in [0.15, 0.2) is 103 Å². The zero-order valence-corrected chi connectivity index (χ0v) is 17.4. The number of amides is 3. The molecule has 156 valence electrons. The quantitative estimate of drug-likeness (QED) is 0.450. The minimum absolute atomic E-state index is 0.202. The van der Waals surface area contributed by atoms with Crippen molar-refractivity contribution >= 4 is 11.9 Å². The van der Waals surface area contributed by atoms with Crippen molar-refractivity contribution in [2.24, 2.45) is 0 Å². The number of nitrogens with zero attached hydrogens (tertiary/aromatic N) is 3. The highest BCUT2D eigenvalue weighted by atomic mass is 16.2. The Labute approximate surface area is 186 Å². The number of fused-ring (bicyclic) bond motifs is 5. The number of carbonyl (C=O) groups is 2. The summed E-state index contributed by atoms with van der Waals surface area (Å²) in [5.41, 5.74) is 3.32. The largest absolute Gasteiger partial charge is 0.328 e. The molecule has 1 atom stereocenters. The van der Waals surface area contributed by atoms with Gasteiger partial charge < -0.3 is 4.57 Å². The predicted molar refractivity (Wildman–Crippen MR) is 121 cm³/mol. The van der Waals surface area contributed by atoms with Crippen LogP contribution in [0.4, 0.5) is 4.79 Å². The number of benzene rings is 3. The molecule has 3 aromatic carbocycles. The van der Waals surface area contributed by atoms with Crippen LogP contribution in [0.25, 0.3) is 5.69 Å². The van der Waals surface area contributed by atoms with E-state index in [1.54, 1.807) is 4.90 Å². The summed E-state index contributed by atoms with van der Waals surface area (Å²) in [5, 5.41) is 0. The molecule has 5 nitrogen and oxygen atoms in total. The molecular weight excluding hydrogens is 398 g/mol. The van der Waals surface area contributed by atoms with Gasteiger partial charge in [-0.3, -0.25) is 14.6 Å². The SMILES string of the molecule is O=C1N(Cc2ccccc2)C(=O)C2(c3ccccc3-n3cccc32)N1Cc1ccccc1. The first-order valence-electron chi connectivity index (χ1n) is 10.7. The third kappa shape index (κ3) is 2.45. The second-order valence-corrected chi connectivity index (χ2v) is 8.22. The van der Waals surface area contributed by atoms with Crippen LogP contribution in [-0.2, 0) is 23.4 Å². The van der Waals surface area contributed by atoms with Crippen LogP contribution in [0.3, 0.4) is 0 Å². The normalized spacial score (nSPS) is 19.0. The van der Waals surface area contributed by atoms with E-state index in [9.17, 15) is 9.59 Å². The van der Waals surface area contributed by atoms with Gasteiger partial charge >= 0.3 is 6.03 Å². The Hall–Kier alpha value is -4.12. The molecule has 0 radical (unpaired) electrons. The minimum Gasteiger partial charge on any atom is -0.317 e. The molecule has 3 heterocycles. The second kappa shape index (κ2) is 6.95. The van der Waals surface area contributed by atoms with Crippen LogP contribution in [-0.4, -0.2) is 26.3 Å². The molecule has 32 heavy (non-hydrogen) atoms. The molecule has 0 saturated carbocycles. The number of rotatable bonds is 4. The van der Waals surface area contributed by atoms with E-state index < -0.39 is 5.54 Å². The molecule has 6 rings (SSSR count). The molecule has 1 saturated heterocycles. The van der Waals surface area contributed by atoms with Crippen LogP contribution in [0.5, 0.6) is 0 Å². The molecule has 2 aliphatic rings. The van der Waals surface area contributed by atoms with Crippen molar-refractivity contribution in [2.45, 2.75) is 18.6 Å². The molecule has 4 aromatic rings. The Morgan fingerprint density at radius 1 is 0.656 bits per heavy atom. The zero-order chi connectivity index (χ0) is 21.7. The Balaban J connectivity index is 1.55. The van der Waals surface area contributed by atoms with E-state index in [1.165, 1.54) is 4.90 Å². The molecule has 0 bridgehead atoms. The maximum atomic E-state index is 14.2. The van der Waals surface area contributed by atoms with Crippen molar-refractivity contribution in [1.82, 2.24) is 14.4 Å². The van der Waals surface area contributed by atoms with Crippen LogP contribution in [0.1, 0.15) is 22.4 Å². The van der Waals surface area contributed by atoms with E-state index in [0.717, 1.165) is 28.1 Å². The van der Waals surface area contributed by atoms with E-state index in [2.05, 4.69) is 0 Å². The number of urea groups is 1. The number of carbonyl (C=O) groups excluding carboxylic acids is 2. The van der Waals surface area contributed by atoms with Crippen molar-refractivity contribution < 1.29 is 9.59 Å². The molecule has 5 heteroatoms. The van der Waals surface area contributed by atoms with E-state index in [1.807, 2.05) is 108 Å². The smallest absolute Gasteiger partial charge is 0.317 e. The first-order valence-corrected chi connectivity index (χ1v) is 10.7. The summed E-state index contributed by atoms with van der Waals surface area (Å²) < 4.78 is 2.03. The number of hydrogen-bond donors (Lipinski definition) is 0. The van der Waals surface area contributed by atoms with E-state index in [4.69, 9.17) is 0 Å². The molecule has 0 N–H and O–H groups in total. The molecule has 1 unspecified atom stereocenters. The van der Waals surface area contributed by atoms with Crippen LogP contribution in [0, 0.1) is 0 Å². The van der Waals surface area contributed by atoms with Gasteiger partial charge in [-0.2, -0.15) is 0 Å². The number of aromatic nitrogens is 1. The van der Waals surface area contributed by atoms with Gasteiger partial charge in [0.2, 0.25) is 0 Å². The van der Waals surface area contributed by atoms with Gasteiger partial charge in [0.15, 0.2) is 5.54 Å². The number of para-hydroxylation sites is 1. The Bertz CT molecular complexity index is 1330. The summed E-state index contributed by atoms with van der Waals surface area (Å²) in [6.45, 7) is 0.588. The summed E-state index contributed by atoms with van der Waals surface area (Å²) in [5.74, 6) is -0.202. The van der Waals surface area contributed by atoms with Gasteiger partial charge in [-0.1, -0.05) is 78.9 Å². The molecule has 1 aromatic heterocycles. The van der Waals surface area contributed by atoms with Gasteiger partial charge in [-0.05, 0) is 29.3 Å². The van der Waals surface area contributed by atoms with Gasteiger partial charge in [0.25, 0.3) is 5.91 Å². The highest BCUT2D eigenvalue weighted by molar-refractivity contribution is 6.10. The third-order valence-corrected chi connectivity index (χ3v) is 6.46. The fraction of sp³-hybridized carbons (Fsp3) is 0.111. The summed E-state index contributed by atoms with van der Waals surface area (Å²) in [4.78, 5) is 31.2. The van der Waals surface area contributed by atoms with Crippen molar-refractivity contribution in [3.63, 3.8) is 0 Å². The van der Waals surface area contributed by atoms with Crippen molar-refractivity contribution in [2.75, 3.05) is 0 Å². The zero-order valence-electron chi connectivity index (χ0n) is 17.4. The van der Waals surface area contributed by atoms with Crippen LogP contribution in [0.2, 0.25) is 0 Å². The monoisotopic (exact) mass is 419 g/mol. The maximum Gasteiger partial charge on any atom is 0.328 e. The van der Waals surface area contributed by atoms with Crippen molar-refractivity contribution in [1.29, 1.82) is 0 Å². The van der Waals surface area contributed by atoms with Crippen LogP contribution < -0.4 is 0 Å². The van der Waals surface area contributed by atoms with Crippen molar-refractivity contribution in [3.8, 4) is 5.69 Å². The molecule has 1 spiro atoms. The van der Waals surface area contributed by atoms with E-state index in [-0.39, 0.29) is 18.5 Å². The van der Waals surface area contributed by atoms with Gasteiger partial charge in [-0.15, -0.1) is 0 Å². The van der Waals surface area contributed by atoms with Crippen LogP contribution >= 0.6 is 0 Å². The number of hydrogen-bond acceptors (Lipinski definition) is 2. The van der Waals surface area contributed by atoms with E-state index >= 15 is 0 Å². The molecular formula is C27H21N3O2. The first kappa shape index (κ1) is 18.6. The van der Waals surface area contributed by atoms with Gasteiger partial charge in [-0.25, -0.2) is 4.79 Å². The van der Waals surface area contributed by atoms with Gasteiger partial charge in [0, 0.05) is 18.3 Å². The highest BCUT2D eigenvalue weighted by Crippen LogP contribution is 2.51. The molecule has 1 fully saturated rings. The lowest BCUT2D eigenvalue weighted by Crippen LogP contribution is -2.46. The van der Waals surface area contributed by atoms with E-state index in [0.29, 0.717) is 6.54 Å². The lowest BCUT2D eigenvalue weighted by atomic mass is 9.86. The third-order valence-electron chi connectivity index (χ3n) is 6.46. The fourth-order valence-corrected chi connectivity index (χ4v) is 5.07. The fourth-order valence-electron chi connectivity index (χ4n) is 5.07. The Morgan fingerprint density at radius 3 is 2.00 bits per heavy atom. The predicted octanol–water partition coefficient (Wildman–Crippen LogP) is 4.70. The average Bonchev–Trinajstić information content (AvgIpc) is 3.47. The molecule has 0 aliphatic carbocycles. The Morgan fingerprint density at radius 2 is 1.28 bits per heavy atom. The minimum atomic E-state index is -1.18. The average molecular weight is 419 g/mol. The lowest BCUT2D eigenvalue weighted by Gasteiger charge is -2.32. The lowest BCUT2D eigenvalue weighted by molar-refractivity contribution is -0.132. The Kier molecular flexibility index (Phi) is 4.05. The summed E-state index contributed by atoms with van der Waals surface area (Å²) in [6, 6.07) is 31.0. The highest BCUT2D eigenvalue weighted by Gasteiger charge is 2.63.